The van der Waals surface area contributed by atoms with Crippen LogP contribution in [0.25, 0.3) is 0 Å². The van der Waals surface area contributed by atoms with Gasteiger partial charge < -0.3 is 15.4 Å². The molecule has 0 aliphatic carbocycles. The van der Waals surface area contributed by atoms with Gasteiger partial charge in [0.05, 0.1) is 23.6 Å². The highest BCUT2D eigenvalue weighted by Gasteiger charge is 2.18. The molecule has 27 heavy (non-hydrogen) atoms. The van der Waals surface area contributed by atoms with Crippen molar-refractivity contribution in [3.05, 3.63) is 54.1 Å². The first-order chi connectivity index (χ1) is 12.9. The number of carbonyl (C=O) groups is 2. The average molecular weight is 387 g/mol. The summed E-state index contributed by atoms with van der Waals surface area (Å²) in [7, 11) is 1.62. The summed E-state index contributed by atoms with van der Waals surface area (Å²) >= 11 is 1.45. The molecule has 0 aliphatic rings. The molecule has 0 saturated heterocycles. The minimum absolute atomic E-state index is 0.0748. The van der Waals surface area contributed by atoms with E-state index in [4.69, 9.17) is 4.74 Å². The summed E-state index contributed by atoms with van der Waals surface area (Å²) in [6.45, 7) is 5.80. The first kappa shape index (κ1) is 20.8. The summed E-state index contributed by atoms with van der Waals surface area (Å²) < 4.78 is 5.15. The Hall–Kier alpha value is -2.47. The SMILES string of the molecule is CC[C@H](C)NC(=O)c1ccccc1NC(=O)[C@@H](C)Sc1ccc(OC)cc1. The van der Waals surface area contributed by atoms with Crippen molar-refractivity contribution in [2.45, 2.75) is 43.4 Å². The van der Waals surface area contributed by atoms with Gasteiger partial charge in [-0.05, 0) is 56.7 Å². The Kier molecular flexibility index (Phi) is 7.73. The summed E-state index contributed by atoms with van der Waals surface area (Å²) in [4.78, 5) is 26.0. The van der Waals surface area contributed by atoms with Crippen LogP contribution < -0.4 is 15.4 Å². The van der Waals surface area contributed by atoms with Crippen LogP contribution in [-0.4, -0.2) is 30.2 Å². The number of anilines is 1. The predicted octanol–water partition coefficient (Wildman–Crippen LogP) is 4.34. The van der Waals surface area contributed by atoms with E-state index in [9.17, 15) is 9.59 Å². The standard InChI is InChI=1S/C21H26N2O3S/c1-5-14(2)22-21(25)18-8-6-7-9-19(18)23-20(24)15(3)27-17-12-10-16(26-4)11-13-17/h6-15H,5H2,1-4H3,(H,22,25)(H,23,24)/t14-,15+/m0/s1. The zero-order valence-corrected chi connectivity index (χ0v) is 16.9. The summed E-state index contributed by atoms with van der Waals surface area (Å²) in [5, 5.41) is 5.50. The van der Waals surface area contributed by atoms with Gasteiger partial charge in [0.2, 0.25) is 5.91 Å². The summed E-state index contributed by atoms with van der Waals surface area (Å²) in [5.74, 6) is 0.438. The van der Waals surface area contributed by atoms with Crippen LogP contribution in [0.1, 0.15) is 37.6 Å². The maximum atomic E-state index is 12.6. The van der Waals surface area contributed by atoms with Crippen molar-refractivity contribution in [1.82, 2.24) is 5.32 Å². The highest BCUT2D eigenvalue weighted by molar-refractivity contribution is 8.00. The number of carbonyl (C=O) groups excluding carboxylic acids is 2. The van der Waals surface area contributed by atoms with Gasteiger partial charge in [-0.3, -0.25) is 9.59 Å². The van der Waals surface area contributed by atoms with E-state index in [0.29, 0.717) is 11.3 Å². The third-order valence-electron chi connectivity index (χ3n) is 4.16. The summed E-state index contributed by atoms with van der Waals surface area (Å²) in [5.41, 5.74) is 0.985. The Morgan fingerprint density at radius 2 is 1.74 bits per heavy atom. The molecule has 0 aromatic heterocycles. The van der Waals surface area contributed by atoms with Crippen LogP contribution in [0.5, 0.6) is 5.75 Å². The van der Waals surface area contributed by atoms with Crippen molar-refractivity contribution in [1.29, 1.82) is 0 Å². The lowest BCUT2D eigenvalue weighted by Crippen LogP contribution is -2.33. The Morgan fingerprint density at radius 1 is 1.07 bits per heavy atom. The molecule has 0 saturated carbocycles. The molecule has 0 aliphatic heterocycles. The topological polar surface area (TPSA) is 67.4 Å². The number of nitrogens with one attached hydrogen (secondary N) is 2. The van der Waals surface area contributed by atoms with Crippen LogP contribution in [0.4, 0.5) is 5.69 Å². The molecule has 2 N–H and O–H groups in total. The van der Waals surface area contributed by atoms with Gasteiger partial charge in [-0.2, -0.15) is 0 Å². The number of hydrogen-bond donors (Lipinski definition) is 2. The second kappa shape index (κ2) is 10.0. The number of amides is 2. The van der Waals surface area contributed by atoms with Crippen molar-refractivity contribution in [3.63, 3.8) is 0 Å². The maximum Gasteiger partial charge on any atom is 0.253 e. The van der Waals surface area contributed by atoms with E-state index in [2.05, 4.69) is 10.6 Å². The number of rotatable bonds is 8. The van der Waals surface area contributed by atoms with Crippen molar-refractivity contribution < 1.29 is 14.3 Å². The van der Waals surface area contributed by atoms with Crippen LogP contribution >= 0.6 is 11.8 Å². The molecule has 2 atom stereocenters. The number of thioether (sulfide) groups is 1. The molecule has 0 radical (unpaired) electrons. The first-order valence-corrected chi connectivity index (χ1v) is 9.84. The van der Waals surface area contributed by atoms with E-state index in [0.717, 1.165) is 17.1 Å². The smallest absolute Gasteiger partial charge is 0.253 e. The summed E-state index contributed by atoms with van der Waals surface area (Å²) in [6.07, 6.45) is 0.843. The molecule has 2 aromatic rings. The number of benzene rings is 2. The Balaban J connectivity index is 2.04. The quantitative estimate of drug-likeness (QED) is 0.662. The van der Waals surface area contributed by atoms with Gasteiger partial charge in [0.15, 0.2) is 0 Å². The highest BCUT2D eigenvalue weighted by atomic mass is 32.2. The zero-order chi connectivity index (χ0) is 19.8. The molecule has 0 bridgehead atoms. The van der Waals surface area contributed by atoms with Crippen LogP contribution in [0.15, 0.2) is 53.4 Å². The first-order valence-electron chi connectivity index (χ1n) is 8.96. The Labute approximate surface area is 164 Å². The van der Waals surface area contributed by atoms with Gasteiger partial charge >= 0.3 is 0 Å². The van der Waals surface area contributed by atoms with E-state index >= 15 is 0 Å². The zero-order valence-electron chi connectivity index (χ0n) is 16.1. The second-order valence-electron chi connectivity index (χ2n) is 6.25. The molecular weight excluding hydrogens is 360 g/mol. The third-order valence-corrected chi connectivity index (χ3v) is 5.27. The fraction of sp³-hybridized carbons (Fsp3) is 0.333. The van der Waals surface area contributed by atoms with Crippen molar-refractivity contribution in [2.75, 3.05) is 12.4 Å². The highest BCUT2D eigenvalue weighted by Crippen LogP contribution is 2.26. The lowest BCUT2D eigenvalue weighted by Gasteiger charge is -2.16. The second-order valence-corrected chi connectivity index (χ2v) is 7.67. The van der Waals surface area contributed by atoms with E-state index in [1.807, 2.05) is 45.0 Å². The molecule has 0 heterocycles. The van der Waals surface area contributed by atoms with Crippen molar-refractivity contribution in [2.24, 2.45) is 0 Å². The fourth-order valence-corrected chi connectivity index (χ4v) is 3.21. The number of hydrogen-bond acceptors (Lipinski definition) is 4. The Bertz CT molecular complexity index is 777. The van der Waals surface area contributed by atoms with Crippen LogP contribution in [0, 0.1) is 0 Å². The van der Waals surface area contributed by atoms with E-state index in [-0.39, 0.29) is 23.1 Å². The van der Waals surface area contributed by atoms with Gasteiger partial charge in [-0.1, -0.05) is 19.1 Å². The molecule has 2 rings (SSSR count). The molecule has 144 valence electrons. The van der Waals surface area contributed by atoms with E-state index < -0.39 is 0 Å². The lowest BCUT2D eigenvalue weighted by atomic mass is 10.1. The molecular formula is C21H26N2O3S. The number of methoxy groups -OCH3 is 1. The normalized spacial score (nSPS) is 12.7. The number of ether oxygens (including phenoxy) is 1. The van der Waals surface area contributed by atoms with Crippen molar-refractivity contribution >= 4 is 29.3 Å². The average Bonchev–Trinajstić information content (AvgIpc) is 2.68. The molecule has 6 heteroatoms. The minimum atomic E-state index is -0.316. The van der Waals surface area contributed by atoms with Crippen LogP contribution in [0.3, 0.4) is 0 Å². The van der Waals surface area contributed by atoms with Crippen LogP contribution in [-0.2, 0) is 4.79 Å². The monoisotopic (exact) mass is 386 g/mol. The molecule has 0 fully saturated rings. The number of para-hydroxylation sites is 1. The molecule has 2 amide bonds. The molecule has 5 nitrogen and oxygen atoms in total. The van der Waals surface area contributed by atoms with Crippen molar-refractivity contribution in [3.8, 4) is 5.75 Å². The minimum Gasteiger partial charge on any atom is -0.497 e. The van der Waals surface area contributed by atoms with Gasteiger partial charge in [0, 0.05) is 10.9 Å². The summed E-state index contributed by atoms with van der Waals surface area (Å²) in [6, 6.07) is 14.7. The van der Waals surface area contributed by atoms with Crippen LogP contribution in [0.2, 0.25) is 0 Å². The molecule has 0 spiro atoms. The molecule has 2 aromatic carbocycles. The lowest BCUT2D eigenvalue weighted by molar-refractivity contribution is -0.115. The maximum absolute atomic E-state index is 12.6. The van der Waals surface area contributed by atoms with Gasteiger partial charge in [-0.15, -0.1) is 11.8 Å². The Morgan fingerprint density at radius 3 is 2.37 bits per heavy atom. The predicted molar refractivity (Wildman–Crippen MR) is 111 cm³/mol. The van der Waals surface area contributed by atoms with E-state index in [1.165, 1.54) is 11.8 Å². The van der Waals surface area contributed by atoms with Gasteiger partial charge in [-0.25, -0.2) is 0 Å². The van der Waals surface area contributed by atoms with E-state index in [1.54, 1.807) is 31.4 Å². The van der Waals surface area contributed by atoms with Gasteiger partial charge in [0.25, 0.3) is 5.91 Å². The third kappa shape index (κ3) is 6.03. The van der Waals surface area contributed by atoms with Gasteiger partial charge in [0.1, 0.15) is 5.75 Å². The largest absolute Gasteiger partial charge is 0.497 e. The molecule has 0 unspecified atom stereocenters. The fourth-order valence-electron chi connectivity index (χ4n) is 2.34.